The summed E-state index contributed by atoms with van der Waals surface area (Å²) in [6.45, 7) is 7.58. The van der Waals surface area contributed by atoms with E-state index in [2.05, 4.69) is 43.0 Å². The highest BCUT2D eigenvalue weighted by atomic mass is 15.2. The average Bonchev–Trinajstić information content (AvgIpc) is 2.59. The van der Waals surface area contributed by atoms with Crippen LogP contribution in [0.25, 0.3) is 0 Å². The molecular formula is C14H22N2. The van der Waals surface area contributed by atoms with E-state index in [0.717, 1.165) is 6.54 Å². The molecule has 1 aromatic rings. The molecule has 2 rings (SSSR count). The van der Waals surface area contributed by atoms with Gasteiger partial charge in [-0.2, -0.15) is 0 Å². The number of nitrogens with zero attached hydrogens (tertiary/aromatic N) is 1. The van der Waals surface area contributed by atoms with Crippen LogP contribution in [0.5, 0.6) is 0 Å². The summed E-state index contributed by atoms with van der Waals surface area (Å²) < 4.78 is 0. The molecule has 2 N–H and O–H groups in total. The molecule has 2 heteroatoms. The van der Waals surface area contributed by atoms with E-state index in [4.69, 9.17) is 5.73 Å². The SMILES string of the molecule is CC1(C)CCCN1Cc1ccccc1CN. The normalized spacial score (nSPS) is 20.2. The van der Waals surface area contributed by atoms with Crippen LogP contribution in [0.1, 0.15) is 37.8 Å². The molecule has 0 unspecified atom stereocenters. The first-order chi connectivity index (χ1) is 7.63. The Hall–Kier alpha value is -0.860. The molecule has 1 saturated heterocycles. The van der Waals surface area contributed by atoms with E-state index >= 15 is 0 Å². The fourth-order valence-corrected chi connectivity index (χ4v) is 2.57. The van der Waals surface area contributed by atoms with Crippen molar-refractivity contribution in [3.8, 4) is 0 Å². The van der Waals surface area contributed by atoms with E-state index in [1.165, 1.54) is 30.5 Å². The summed E-state index contributed by atoms with van der Waals surface area (Å²) in [6, 6.07) is 8.52. The Balaban J connectivity index is 2.14. The molecule has 16 heavy (non-hydrogen) atoms. The molecule has 0 bridgehead atoms. The molecule has 1 fully saturated rings. The van der Waals surface area contributed by atoms with Gasteiger partial charge in [0, 0.05) is 18.6 Å². The van der Waals surface area contributed by atoms with Gasteiger partial charge in [0.15, 0.2) is 0 Å². The van der Waals surface area contributed by atoms with Crippen molar-refractivity contribution in [3.63, 3.8) is 0 Å². The molecule has 0 radical (unpaired) electrons. The maximum absolute atomic E-state index is 5.77. The minimum absolute atomic E-state index is 0.349. The third-order valence-electron chi connectivity index (χ3n) is 3.77. The first kappa shape index (κ1) is 11.6. The summed E-state index contributed by atoms with van der Waals surface area (Å²) in [5, 5.41) is 0. The number of hydrogen-bond donors (Lipinski definition) is 1. The van der Waals surface area contributed by atoms with Crippen LogP contribution in [0.15, 0.2) is 24.3 Å². The second kappa shape index (κ2) is 4.56. The van der Waals surface area contributed by atoms with Gasteiger partial charge in [-0.25, -0.2) is 0 Å². The highest BCUT2D eigenvalue weighted by molar-refractivity contribution is 5.27. The number of likely N-dealkylation sites (tertiary alicyclic amines) is 1. The van der Waals surface area contributed by atoms with Crippen molar-refractivity contribution in [2.75, 3.05) is 6.54 Å². The van der Waals surface area contributed by atoms with Crippen molar-refractivity contribution in [2.45, 2.75) is 45.3 Å². The van der Waals surface area contributed by atoms with Crippen LogP contribution in [0, 0.1) is 0 Å². The van der Waals surface area contributed by atoms with Crippen molar-refractivity contribution >= 4 is 0 Å². The standard InChI is InChI=1S/C14H22N2/c1-14(2)8-5-9-16(14)11-13-7-4-3-6-12(13)10-15/h3-4,6-7H,5,8-11,15H2,1-2H3. The lowest BCUT2D eigenvalue weighted by Gasteiger charge is -2.32. The van der Waals surface area contributed by atoms with Crippen molar-refractivity contribution in [1.82, 2.24) is 4.90 Å². The highest BCUT2D eigenvalue weighted by Gasteiger charge is 2.31. The first-order valence-electron chi connectivity index (χ1n) is 6.15. The van der Waals surface area contributed by atoms with E-state index in [1.54, 1.807) is 0 Å². The Bertz CT molecular complexity index is 358. The molecule has 2 nitrogen and oxygen atoms in total. The summed E-state index contributed by atoms with van der Waals surface area (Å²) in [6.07, 6.45) is 2.62. The third kappa shape index (κ3) is 2.28. The maximum atomic E-state index is 5.77. The lowest BCUT2D eigenvalue weighted by Crippen LogP contribution is -2.37. The van der Waals surface area contributed by atoms with Gasteiger partial charge in [0.05, 0.1) is 0 Å². The van der Waals surface area contributed by atoms with Gasteiger partial charge >= 0.3 is 0 Å². The minimum atomic E-state index is 0.349. The molecular weight excluding hydrogens is 196 g/mol. The maximum Gasteiger partial charge on any atom is 0.0242 e. The molecule has 88 valence electrons. The summed E-state index contributed by atoms with van der Waals surface area (Å²) in [7, 11) is 0. The van der Waals surface area contributed by atoms with Crippen LogP contribution in [0.4, 0.5) is 0 Å². The summed E-state index contributed by atoms with van der Waals surface area (Å²) in [5.74, 6) is 0. The predicted molar refractivity (Wildman–Crippen MR) is 68.1 cm³/mol. The van der Waals surface area contributed by atoms with Gasteiger partial charge in [-0.05, 0) is 44.4 Å². The fourth-order valence-electron chi connectivity index (χ4n) is 2.57. The summed E-state index contributed by atoms with van der Waals surface area (Å²) in [5.41, 5.74) is 8.79. The van der Waals surface area contributed by atoms with Crippen LogP contribution < -0.4 is 5.73 Å². The average molecular weight is 218 g/mol. The van der Waals surface area contributed by atoms with Gasteiger partial charge < -0.3 is 5.73 Å². The Morgan fingerprint density at radius 2 is 1.94 bits per heavy atom. The Morgan fingerprint density at radius 1 is 1.25 bits per heavy atom. The van der Waals surface area contributed by atoms with Crippen LogP contribution in [0.3, 0.4) is 0 Å². The van der Waals surface area contributed by atoms with E-state index in [1.807, 2.05) is 0 Å². The lowest BCUT2D eigenvalue weighted by atomic mass is 10.0. The zero-order valence-electron chi connectivity index (χ0n) is 10.4. The van der Waals surface area contributed by atoms with Gasteiger partial charge in [-0.3, -0.25) is 4.90 Å². The number of rotatable bonds is 3. The van der Waals surface area contributed by atoms with E-state index in [-0.39, 0.29) is 0 Å². The molecule has 0 atom stereocenters. The van der Waals surface area contributed by atoms with Gasteiger partial charge in [-0.1, -0.05) is 24.3 Å². The third-order valence-corrected chi connectivity index (χ3v) is 3.77. The number of hydrogen-bond acceptors (Lipinski definition) is 2. The van der Waals surface area contributed by atoms with Crippen molar-refractivity contribution in [2.24, 2.45) is 5.73 Å². The van der Waals surface area contributed by atoms with E-state index < -0.39 is 0 Å². The highest BCUT2D eigenvalue weighted by Crippen LogP contribution is 2.30. The molecule has 0 spiro atoms. The molecule has 0 aromatic heterocycles. The minimum Gasteiger partial charge on any atom is -0.326 e. The largest absolute Gasteiger partial charge is 0.326 e. The number of benzene rings is 1. The molecule has 1 heterocycles. The molecule has 0 amide bonds. The Kier molecular flexibility index (Phi) is 3.31. The molecule has 0 aliphatic carbocycles. The van der Waals surface area contributed by atoms with Crippen molar-refractivity contribution in [3.05, 3.63) is 35.4 Å². The fraction of sp³-hybridized carbons (Fsp3) is 0.571. The summed E-state index contributed by atoms with van der Waals surface area (Å²) >= 11 is 0. The van der Waals surface area contributed by atoms with Crippen molar-refractivity contribution < 1.29 is 0 Å². The second-order valence-corrected chi connectivity index (χ2v) is 5.31. The van der Waals surface area contributed by atoms with Crippen LogP contribution >= 0.6 is 0 Å². The van der Waals surface area contributed by atoms with Crippen LogP contribution in [-0.4, -0.2) is 17.0 Å². The number of nitrogens with two attached hydrogens (primary N) is 1. The molecule has 1 aliphatic heterocycles. The zero-order chi connectivity index (χ0) is 11.6. The summed E-state index contributed by atoms with van der Waals surface area (Å²) in [4.78, 5) is 2.57. The topological polar surface area (TPSA) is 29.3 Å². The quantitative estimate of drug-likeness (QED) is 0.844. The van der Waals surface area contributed by atoms with E-state index in [9.17, 15) is 0 Å². The van der Waals surface area contributed by atoms with Crippen molar-refractivity contribution in [1.29, 1.82) is 0 Å². The Morgan fingerprint density at radius 3 is 2.50 bits per heavy atom. The lowest BCUT2D eigenvalue weighted by molar-refractivity contribution is 0.166. The Labute approximate surface area is 98.4 Å². The van der Waals surface area contributed by atoms with Gasteiger partial charge in [0.25, 0.3) is 0 Å². The molecule has 1 aromatic carbocycles. The van der Waals surface area contributed by atoms with Crippen LogP contribution in [0.2, 0.25) is 0 Å². The molecule has 0 saturated carbocycles. The zero-order valence-corrected chi connectivity index (χ0v) is 10.4. The van der Waals surface area contributed by atoms with Crippen LogP contribution in [-0.2, 0) is 13.1 Å². The monoisotopic (exact) mass is 218 g/mol. The van der Waals surface area contributed by atoms with E-state index in [0.29, 0.717) is 12.1 Å². The van der Waals surface area contributed by atoms with Gasteiger partial charge in [0.2, 0.25) is 0 Å². The smallest absolute Gasteiger partial charge is 0.0242 e. The van der Waals surface area contributed by atoms with Gasteiger partial charge in [-0.15, -0.1) is 0 Å². The first-order valence-corrected chi connectivity index (χ1v) is 6.15. The molecule has 1 aliphatic rings. The predicted octanol–water partition coefficient (Wildman–Crippen LogP) is 2.52. The van der Waals surface area contributed by atoms with Gasteiger partial charge in [0.1, 0.15) is 0 Å². The second-order valence-electron chi connectivity index (χ2n) is 5.31.